The molecule has 1 aromatic rings. The van der Waals surface area contributed by atoms with Gasteiger partial charge in [0.2, 0.25) is 11.8 Å². The minimum absolute atomic E-state index is 0.0471. The fourth-order valence-electron chi connectivity index (χ4n) is 4.17. The first-order valence-corrected chi connectivity index (χ1v) is 8.42. The van der Waals surface area contributed by atoms with Crippen LogP contribution in [0.15, 0.2) is 18.2 Å². The first kappa shape index (κ1) is 16.9. The zero-order valence-electron chi connectivity index (χ0n) is 13.8. The number of carbonyl (C=O) groups excluding carboxylic acids is 2. The smallest absolute Gasteiger partial charge is 0.228 e. The molecule has 1 aromatic carbocycles. The zero-order chi connectivity index (χ0) is 17.3. The average Bonchev–Trinajstić information content (AvgIpc) is 2.59. The molecule has 1 N–H and O–H groups in total. The summed E-state index contributed by atoms with van der Waals surface area (Å²) in [6.45, 7) is -0.0471. The molecule has 0 spiro atoms. The Morgan fingerprint density at radius 1 is 1.33 bits per heavy atom. The van der Waals surface area contributed by atoms with Crippen molar-refractivity contribution in [1.29, 1.82) is 0 Å². The lowest BCUT2D eigenvalue weighted by Crippen LogP contribution is -2.60. The van der Waals surface area contributed by atoms with Crippen LogP contribution in [0.1, 0.15) is 44.1 Å². The number of nitrogens with one attached hydrogen (secondary N) is 1. The molecule has 4 nitrogen and oxygen atoms in total. The van der Waals surface area contributed by atoms with Gasteiger partial charge in [-0.2, -0.15) is 0 Å². The highest BCUT2D eigenvalue weighted by Gasteiger charge is 2.52. The van der Waals surface area contributed by atoms with Crippen molar-refractivity contribution in [3.05, 3.63) is 35.4 Å². The normalized spacial score (nSPS) is 26.9. The molecule has 6 heteroatoms. The average molecular weight is 336 g/mol. The SMILES string of the molecule is CN1C(=O)CC[C@]2(C(=O)NCc3cc(F)ccc3F)CCCC[C@@H]12. The largest absolute Gasteiger partial charge is 0.351 e. The van der Waals surface area contributed by atoms with Crippen molar-refractivity contribution in [2.75, 3.05) is 7.05 Å². The van der Waals surface area contributed by atoms with Gasteiger partial charge in [-0.15, -0.1) is 0 Å². The van der Waals surface area contributed by atoms with Crippen molar-refractivity contribution in [3.8, 4) is 0 Å². The van der Waals surface area contributed by atoms with Crippen LogP contribution in [0.5, 0.6) is 0 Å². The van der Waals surface area contributed by atoms with Crippen LogP contribution >= 0.6 is 0 Å². The van der Waals surface area contributed by atoms with E-state index in [1.807, 2.05) is 0 Å². The summed E-state index contributed by atoms with van der Waals surface area (Å²) in [5, 5.41) is 2.78. The molecule has 2 fully saturated rings. The van der Waals surface area contributed by atoms with Gasteiger partial charge >= 0.3 is 0 Å². The van der Waals surface area contributed by atoms with Gasteiger partial charge in [0.15, 0.2) is 0 Å². The Hall–Kier alpha value is -1.98. The molecule has 2 atom stereocenters. The summed E-state index contributed by atoms with van der Waals surface area (Å²) < 4.78 is 27.0. The van der Waals surface area contributed by atoms with Crippen LogP contribution in [0.3, 0.4) is 0 Å². The maximum absolute atomic E-state index is 13.7. The first-order chi connectivity index (χ1) is 11.4. The Morgan fingerprint density at radius 2 is 2.12 bits per heavy atom. The summed E-state index contributed by atoms with van der Waals surface area (Å²) >= 11 is 0. The van der Waals surface area contributed by atoms with Gasteiger partial charge in [0, 0.05) is 31.6 Å². The number of benzene rings is 1. The van der Waals surface area contributed by atoms with Gasteiger partial charge in [0.05, 0.1) is 5.41 Å². The molecule has 0 bridgehead atoms. The number of hydrogen-bond donors (Lipinski definition) is 1. The Kier molecular flexibility index (Phi) is 4.56. The van der Waals surface area contributed by atoms with Gasteiger partial charge in [-0.1, -0.05) is 12.8 Å². The van der Waals surface area contributed by atoms with E-state index in [2.05, 4.69) is 5.32 Å². The fourth-order valence-corrected chi connectivity index (χ4v) is 4.17. The van der Waals surface area contributed by atoms with Crippen molar-refractivity contribution in [3.63, 3.8) is 0 Å². The molecule has 1 saturated carbocycles. The molecule has 0 aromatic heterocycles. The van der Waals surface area contributed by atoms with Crippen LogP contribution in [0, 0.1) is 17.0 Å². The van der Waals surface area contributed by atoms with Gasteiger partial charge in [0.25, 0.3) is 0 Å². The van der Waals surface area contributed by atoms with Gasteiger partial charge in [-0.25, -0.2) is 8.78 Å². The van der Waals surface area contributed by atoms with Crippen molar-refractivity contribution < 1.29 is 18.4 Å². The Balaban J connectivity index is 1.77. The molecule has 1 saturated heterocycles. The lowest BCUT2D eigenvalue weighted by molar-refractivity contribution is -0.153. The van der Waals surface area contributed by atoms with E-state index in [4.69, 9.17) is 0 Å². The van der Waals surface area contributed by atoms with E-state index in [9.17, 15) is 18.4 Å². The highest BCUT2D eigenvalue weighted by molar-refractivity contribution is 5.87. The van der Waals surface area contributed by atoms with E-state index in [1.54, 1.807) is 11.9 Å². The summed E-state index contributed by atoms with van der Waals surface area (Å²) in [6, 6.07) is 3.11. The predicted octanol–water partition coefficient (Wildman–Crippen LogP) is 2.76. The molecular formula is C18H22F2N2O2. The lowest BCUT2D eigenvalue weighted by atomic mass is 9.64. The third-order valence-corrected chi connectivity index (χ3v) is 5.53. The molecule has 3 rings (SSSR count). The molecule has 1 aliphatic heterocycles. The Labute approximate surface area is 140 Å². The molecule has 0 radical (unpaired) electrons. The molecular weight excluding hydrogens is 314 g/mol. The number of piperidine rings is 1. The minimum Gasteiger partial charge on any atom is -0.351 e. The number of rotatable bonds is 3. The van der Waals surface area contributed by atoms with Crippen LogP contribution < -0.4 is 5.32 Å². The maximum Gasteiger partial charge on any atom is 0.228 e. The van der Waals surface area contributed by atoms with Crippen LogP contribution in [0.4, 0.5) is 8.78 Å². The maximum atomic E-state index is 13.7. The number of carbonyl (C=O) groups is 2. The third-order valence-electron chi connectivity index (χ3n) is 5.53. The molecule has 1 heterocycles. The summed E-state index contributed by atoms with van der Waals surface area (Å²) in [5.41, 5.74) is -0.475. The second-order valence-corrected chi connectivity index (χ2v) is 6.84. The zero-order valence-corrected chi connectivity index (χ0v) is 13.8. The molecule has 2 aliphatic rings. The first-order valence-electron chi connectivity index (χ1n) is 8.42. The summed E-state index contributed by atoms with van der Waals surface area (Å²) in [6.07, 6.45) is 4.36. The number of nitrogens with zero attached hydrogens (tertiary/aromatic N) is 1. The number of halogens is 2. The molecule has 24 heavy (non-hydrogen) atoms. The van der Waals surface area contributed by atoms with Crippen LogP contribution in [0.25, 0.3) is 0 Å². The number of amides is 2. The van der Waals surface area contributed by atoms with Gasteiger partial charge < -0.3 is 10.2 Å². The van der Waals surface area contributed by atoms with Crippen LogP contribution in [-0.2, 0) is 16.1 Å². The second kappa shape index (κ2) is 6.49. The van der Waals surface area contributed by atoms with E-state index in [0.717, 1.165) is 43.9 Å². The van der Waals surface area contributed by atoms with E-state index in [1.165, 1.54) is 0 Å². The van der Waals surface area contributed by atoms with E-state index in [0.29, 0.717) is 12.8 Å². The van der Waals surface area contributed by atoms with Crippen molar-refractivity contribution in [2.45, 2.75) is 51.1 Å². The molecule has 2 amide bonds. The van der Waals surface area contributed by atoms with E-state index >= 15 is 0 Å². The number of fused-ring (bicyclic) bond motifs is 1. The highest BCUT2D eigenvalue weighted by atomic mass is 19.1. The highest BCUT2D eigenvalue weighted by Crippen LogP contribution is 2.46. The Morgan fingerprint density at radius 3 is 2.92 bits per heavy atom. The monoisotopic (exact) mass is 336 g/mol. The predicted molar refractivity (Wildman–Crippen MR) is 84.9 cm³/mol. The van der Waals surface area contributed by atoms with Crippen LogP contribution in [0.2, 0.25) is 0 Å². The van der Waals surface area contributed by atoms with Crippen molar-refractivity contribution in [2.24, 2.45) is 5.41 Å². The van der Waals surface area contributed by atoms with Gasteiger partial charge in [-0.3, -0.25) is 9.59 Å². The van der Waals surface area contributed by atoms with Gasteiger partial charge in [-0.05, 0) is 37.5 Å². The molecule has 0 unspecified atom stereocenters. The topological polar surface area (TPSA) is 49.4 Å². The Bertz CT molecular complexity index is 664. The molecule has 130 valence electrons. The summed E-state index contributed by atoms with van der Waals surface area (Å²) in [7, 11) is 1.76. The summed E-state index contributed by atoms with van der Waals surface area (Å²) in [4.78, 5) is 26.6. The standard InChI is InChI=1S/C18H22F2N2O2/c1-22-15-4-2-3-8-18(15,9-7-16(22)23)17(24)21-11-12-10-13(19)5-6-14(12)20/h5-6,10,15H,2-4,7-9,11H2,1H3,(H,21,24)/t15-,18-/m1/s1. The summed E-state index contributed by atoms with van der Waals surface area (Å²) in [5.74, 6) is -1.15. The van der Waals surface area contributed by atoms with Crippen LogP contribution in [-0.4, -0.2) is 29.8 Å². The number of likely N-dealkylation sites (tertiary alicyclic amines) is 1. The third kappa shape index (κ3) is 2.89. The molecule has 1 aliphatic carbocycles. The van der Waals surface area contributed by atoms with Crippen molar-refractivity contribution in [1.82, 2.24) is 10.2 Å². The van der Waals surface area contributed by atoms with Crippen molar-refractivity contribution >= 4 is 11.8 Å². The number of hydrogen-bond acceptors (Lipinski definition) is 2. The fraction of sp³-hybridized carbons (Fsp3) is 0.556. The lowest BCUT2D eigenvalue weighted by Gasteiger charge is -2.50. The second-order valence-electron chi connectivity index (χ2n) is 6.84. The minimum atomic E-state index is -0.606. The quantitative estimate of drug-likeness (QED) is 0.923. The van der Waals surface area contributed by atoms with E-state index in [-0.39, 0.29) is 30.0 Å². The van der Waals surface area contributed by atoms with E-state index < -0.39 is 17.0 Å². The van der Waals surface area contributed by atoms with Gasteiger partial charge in [0.1, 0.15) is 11.6 Å².